The number of amides is 1. The summed E-state index contributed by atoms with van der Waals surface area (Å²) in [6.07, 6.45) is 0. The van der Waals surface area contributed by atoms with E-state index in [1.807, 2.05) is 37.3 Å². The molecule has 1 amide bonds. The summed E-state index contributed by atoms with van der Waals surface area (Å²) in [6, 6.07) is 14.6. The summed E-state index contributed by atoms with van der Waals surface area (Å²) in [5.41, 5.74) is 8.60. The second-order valence-electron chi connectivity index (χ2n) is 4.18. The summed E-state index contributed by atoms with van der Waals surface area (Å²) in [4.78, 5) is 12.4. The van der Waals surface area contributed by atoms with E-state index in [1.165, 1.54) is 0 Å². The highest BCUT2D eigenvalue weighted by Gasteiger charge is 2.11. The van der Waals surface area contributed by atoms with Crippen molar-refractivity contribution in [2.45, 2.75) is 6.92 Å². The van der Waals surface area contributed by atoms with E-state index in [0.717, 1.165) is 5.56 Å². The summed E-state index contributed by atoms with van der Waals surface area (Å²) >= 11 is 5.03. The molecule has 0 aliphatic carbocycles. The first-order chi connectivity index (χ1) is 9.09. The standard InChI is InChI=1S/C15H14N2OS/c1-10-6-5-9-12(13(10)14(16)19)17-15(18)11-7-3-2-4-8-11/h2-9H,1H3,(H2,16,19)(H,17,18). The number of hydrogen-bond donors (Lipinski definition) is 2. The number of hydrogen-bond acceptors (Lipinski definition) is 2. The van der Waals surface area contributed by atoms with E-state index in [0.29, 0.717) is 16.8 Å². The molecule has 3 N–H and O–H groups in total. The van der Waals surface area contributed by atoms with Crippen LogP contribution in [-0.2, 0) is 0 Å². The fourth-order valence-corrected chi connectivity index (χ4v) is 2.15. The average Bonchev–Trinajstić information content (AvgIpc) is 2.39. The fourth-order valence-electron chi connectivity index (χ4n) is 1.88. The summed E-state index contributed by atoms with van der Waals surface area (Å²) in [5.74, 6) is -0.177. The molecule has 0 bridgehead atoms. The van der Waals surface area contributed by atoms with E-state index in [4.69, 9.17) is 18.0 Å². The van der Waals surface area contributed by atoms with E-state index in [-0.39, 0.29) is 10.9 Å². The molecule has 96 valence electrons. The highest BCUT2D eigenvalue weighted by atomic mass is 32.1. The minimum atomic E-state index is -0.177. The molecule has 4 heteroatoms. The molecule has 0 aromatic heterocycles. The number of anilines is 1. The molecule has 2 rings (SSSR count). The van der Waals surface area contributed by atoms with Crippen molar-refractivity contribution in [2.75, 3.05) is 5.32 Å². The molecule has 0 fully saturated rings. The van der Waals surface area contributed by atoms with Gasteiger partial charge in [0.2, 0.25) is 0 Å². The third-order valence-corrected chi connectivity index (χ3v) is 3.01. The molecule has 0 saturated carbocycles. The van der Waals surface area contributed by atoms with Crippen molar-refractivity contribution < 1.29 is 4.79 Å². The van der Waals surface area contributed by atoms with Crippen LogP contribution in [0.5, 0.6) is 0 Å². The minimum Gasteiger partial charge on any atom is -0.389 e. The number of aryl methyl sites for hydroxylation is 1. The van der Waals surface area contributed by atoms with Crippen LogP contribution in [0.1, 0.15) is 21.5 Å². The third kappa shape index (κ3) is 2.98. The van der Waals surface area contributed by atoms with Crippen LogP contribution in [0.25, 0.3) is 0 Å². The summed E-state index contributed by atoms with van der Waals surface area (Å²) < 4.78 is 0. The number of carbonyl (C=O) groups is 1. The first-order valence-corrected chi connectivity index (χ1v) is 6.26. The molecule has 3 nitrogen and oxygen atoms in total. The van der Waals surface area contributed by atoms with E-state index in [1.54, 1.807) is 18.2 Å². The number of rotatable bonds is 3. The molecule has 0 aliphatic heterocycles. The van der Waals surface area contributed by atoms with E-state index in [2.05, 4.69) is 5.32 Å². The van der Waals surface area contributed by atoms with E-state index >= 15 is 0 Å². The zero-order chi connectivity index (χ0) is 13.8. The van der Waals surface area contributed by atoms with E-state index < -0.39 is 0 Å². The van der Waals surface area contributed by atoms with Gasteiger partial charge in [-0.05, 0) is 30.7 Å². The maximum Gasteiger partial charge on any atom is 0.255 e. The van der Waals surface area contributed by atoms with Crippen LogP contribution in [0.3, 0.4) is 0 Å². The van der Waals surface area contributed by atoms with Gasteiger partial charge in [-0.1, -0.05) is 42.5 Å². The van der Waals surface area contributed by atoms with Gasteiger partial charge in [-0.3, -0.25) is 4.79 Å². The van der Waals surface area contributed by atoms with Crippen molar-refractivity contribution in [3.05, 3.63) is 65.2 Å². The van der Waals surface area contributed by atoms with Crippen molar-refractivity contribution in [2.24, 2.45) is 5.73 Å². The van der Waals surface area contributed by atoms with Gasteiger partial charge in [0.05, 0.1) is 5.69 Å². The molecule has 0 atom stereocenters. The van der Waals surface area contributed by atoms with Crippen molar-refractivity contribution >= 4 is 28.8 Å². The molecule has 19 heavy (non-hydrogen) atoms. The molecule has 2 aromatic rings. The third-order valence-electron chi connectivity index (χ3n) is 2.80. The first kappa shape index (κ1) is 13.2. The van der Waals surface area contributed by atoms with Gasteiger partial charge >= 0.3 is 0 Å². The molecule has 2 aromatic carbocycles. The average molecular weight is 270 g/mol. The Morgan fingerprint density at radius 2 is 1.79 bits per heavy atom. The van der Waals surface area contributed by atoms with Gasteiger partial charge in [0, 0.05) is 11.1 Å². The highest BCUT2D eigenvalue weighted by molar-refractivity contribution is 7.80. The SMILES string of the molecule is Cc1cccc(NC(=O)c2ccccc2)c1C(N)=S. The molecular weight excluding hydrogens is 256 g/mol. The topological polar surface area (TPSA) is 55.1 Å². The van der Waals surface area contributed by atoms with Crippen LogP contribution in [0.15, 0.2) is 48.5 Å². The Kier molecular flexibility index (Phi) is 3.92. The highest BCUT2D eigenvalue weighted by Crippen LogP contribution is 2.20. The normalized spacial score (nSPS) is 9.95. The smallest absolute Gasteiger partial charge is 0.255 e. The second kappa shape index (κ2) is 5.63. The number of nitrogens with one attached hydrogen (secondary N) is 1. The Morgan fingerprint density at radius 3 is 2.42 bits per heavy atom. The van der Waals surface area contributed by atoms with Gasteiger partial charge in [0.1, 0.15) is 4.99 Å². The lowest BCUT2D eigenvalue weighted by Crippen LogP contribution is -2.18. The fraction of sp³-hybridized carbons (Fsp3) is 0.0667. The molecular formula is C15H14N2OS. The number of carbonyl (C=O) groups excluding carboxylic acids is 1. The second-order valence-corrected chi connectivity index (χ2v) is 4.62. The maximum atomic E-state index is 12.1. The van der Waals surface area contributed by atoms with Crippen LogP contribution < -0.4 is 11.1 Å². The minimum absolute atomic E-state index is 0.177. The van der Waals surface area contributed by atoms with Crippen molar-refractivity contribution in [1.82, 2.24) is 0 Å². The zero-order valence-electron chi connectivity index (χ0n) is 10.5. The predicted octanol–water partition coefficient (Wildman–Crippen LogP) is 2.88. The summed E-state index contributed by atoms with van der Waals surface area (Å²) in [5, 5.41) is 2.84. The van der Waals surface area contributed by atoms with Gasteiger partial charge in [-0.25, -0.2) is 0 Å². The Bertz CT molecular complexity index is 623. The molecule has 0 aliphatic rings. The monoisotopic (exact) mass is 270 g/mol. The van der Waals surface area contributed by atoms with Gasteiger partial charge in [-0.2, -0.15) is 0 Å². The first-order valence-electron chi connectivity index (χ1n) is 5.85. The Labute approximate surface area is 117 Å². The van der Waals surface area contributed by atoms with Gasteiger partial charge < -0.3 is 11.1 Å². The lowest BCUT2D eigenvalue weighted by Gasteiger charge is -2.12. The number of nitrogens with two attached hydrogens (primary N) is 1. The van der Waals surface area contributed by atoms with Gasteiger partial charge in [0.15, 0.2) is 0 Å². The number of thiocarbonyl (C=S) groups is 1. The number of benzene rings is 2. The lowest BCUT2D eigenvalue weighted by atomic mass is 10.1. The summed E-state index contributed by atoms with van der Waals surface area (Å²) in [7, 11) is 0. The van der Waals surface area contributed by atoms with Crippen LogP contribution in [0.2, 0.25) is 0 Å². The lowest BCUT2D eigenvalue weighted by molar-refractivity contribution is 0.102. The van der Waals surface area contributed by atoms with E-state index in [9.17, 15) is 4.79 Å². The van der Waals surface area contributed by atoms with Crippen LogP contribution in [0, 0.1) is 6.92 Å². The van der Waals surface area contributed by atoms with Gasteiger partial charge in [0.25, 0.3) is 5.91 Å². The predicted molar refractivity (Wildman–Crippen MR) is 81.5 cm³/mol. The van der Waals surface area contributed by atoms with Crippen molar-refractivity contribution in [3.8, 4) is 0 Å². The van der Waals surface area contributed by atoms with Crippen LogP contribution in [-0.4, -0.2) is 10.9 Å². The van der Waals surface area contributed by atoms with Crippen molar-refractivity contribution in [3.63, 3.8) is 0 Å². The maximum absolute atomic E-state index is 12.1. The molecule has 0 spiro atoms. The zero-order valence-corrected chi connectivity index (χ0v) is 11.3. The molecule has 0 saturated heterocycles. The molecule has 0 unspecified atom stereocenters. The van der Waals surface area contributed by atoms with Crippen LogP contribution in [0.4, 0.5) is 5.69 Å². The van der Waals surface area contributed by atoms with Crippen LogP contribution >= 0.6 is 12.2 Å². The summed E-state index contributed by atoms with van der Waals surface area (Å²) in [6.45, 7) is 1.91. The Morgan fingerprint density at radius 1 is 1.11 bits per heavy atom. The van der Waals surface area contributed by atoms with Crippen molar-refractivity contribution in [1.29, 1.82) is 0 Å². The largest absolute Gasteiger partial charge is 0.389 e. The molecule has 0 heterocycles. The quantitative estimate of drug-likeness (QED) is 0.843. The molecule has 0 radical (unpaired) electrons. The Hall–Kier alpha value is -2.20. The van der Waals surface area contributed by atoms with Gasteiger partial charge in [-0.15, -0.1) is 0 Å². The Balaban J connectivity index is 2.32.